The molecule has 0 aliphatic carbocycles. The normalized spacial score (nSPS) is 20.9. The van der Waals surface area contributed by atoms with Crippen LogP contribution in [0.1, 0.15) is 33.6 Å². The highest BCUT2D eigenvalue weighted by molar-refractivity contribution is 7.91. The molecule has 1 aliphatic heterocycles. The number of carbonyl (C=O) groups excluding carboxylic acids is 2. The fraction of sp³-hybridized carbons (Fsp3) is 0.846. The lowest BCUT2D eigenvalue weighted by Gasteiger charge is -2.26. The van der Waals surface area contributed by atoms with Gasteiger partial charge >= 0.3 is 0 Å². The zero-order valence-corrected chi connectivity index (χ0v) is 13.2. The fourth-order valence-electron chi connectivity index (χ4n) is 2.28. The molecule has 1 aliphatic rings. The second-order valence-corrected chi connectivity index (χ2v) is 7.84. The Kier molecular flexibility index (Phi) is 5.98. The molecule has 0 radical (unpaired) electrons. The van der Waals surface area contributed by atoms with E-state index in [1.54, 1.807) is 6.92 Å². The van der Waals surface area contributed by atoms with Gasteiger partial charge in [0.25, 0.3) is 0 Å². The van der Waals surface area contributed by atoms with Crippen molar-refractivity contribution in [1.82, 2.24) is 10.2 Å². The third-order valence-electron chi connectivity index (χ3n) is 3.33. The Morgan fingerprint density at radius 3 is 2.45 bits per heavy atom. The summed E-state index contributed by atoms with van der Waals surface area (Å²) in [6.07, 6.45) is 0.257. The highest BCUT2D eigenvalue weighted by Gasteiger charge is 2.34. The summed E-state index contributed by atoms with van der Waals surface area (Å²) in [5.74, 6) is -0.128. The van der Waals surface area contributed by atoms with Gasteiger partial charge in [0, 0.05) is 19.1 Å². The standard InChI is InChI=1S/C13H24N2O4S/c1-4-15(11-5-6-20(18,19)9-11)13(17)7-12(16)14-8-10(2)3/h10-11H,4-9H2,1-3H3,(H,14,16). The van der Waals surface area contributed by atoms with Crippen molar-refractivity contribution in [2.75, 3.05) is 24.6 Å². The maximum absolute atomic E-state index is 12.1. The van der Waals surface area contributed by atoms with Crippen LogP contribution in [0.5, 0.6) is 0 Å². The van der Waals surface area contributed by atoms with E-state index in [4.69, 9.17) is 0 Å². The highest BCUT2D eigenvalue weighted by atomic mass is 32.2. The van der Waals surface area contributed by atoms with Crippen molar-refractivity contribution in [2.24, 2.45) is 5.92 Å². The molecule has 0 spiro atoms. The fourth-order valence-corrected chi connectivity index (χ4v) is 4.01. The van der Waals surface area contributed by atoms with Crippen LogP contribution in [0, 0.1) is 5.92 Å². The number of hydrogen-bond donors (Lipinski definition) is 1. The van der Waals surface area contributed by atoms with E-state index in [9.17, 15) is 18.0 Å². The molecule has 0 aromatic carbocycles. The van der Waals surface area contributed by atoms with Gasteiger partial charge in [-0.3, -0.25) is 9.59 Å². The summed E-state index contributed by atoms with van der Waals surface area (Å²) in [6, 6.07) is -0.282. The predicted molar refractivity (Wildman–Crippen MR) is 76.9 cm³/mol. The Balaban J connectivity index is 2.53. The van der Waals surface area contributed by atoms with Crippen LogP contribution in [-0.2, 0) is 19.4 Å². The highest BCUT2D eigenvalue weighted by Crippen LogP contribution is 2.18. The molecule has 20 heavy (non-hydrogen) atoms. The van der Waals surface area contributed by atoms with Gasteiger partial charge in [0.1, 0.15) is 6.42 Å². The predicted octanol–water partition coefficient (Wildman–Crippen LogP) is 0.184. The molecule has 0 aromatic rings. The molecule has 7 heteroatoms. The molecular weight excluding hydrogens is 280 g/mol. The minimum Gasteiger partial charge on any atom is -0.355 e. The van der Waals surface area contributed by atoms with Gasteiger partial charge in [-0.15, -0.1) is 0 Å². The van der Waals surface area contributed by atoms with E-state index < -0.39 is 9.84 Å². The number of sulfone groups is 1. The summed E-state index contributed by atoms with van der Waals surface area (Å²) in [4.78, 5) is 25.3. The molecule has 1 rings (SSSR count). The van der Waals surface area contributed by atoms with Gasteiger partial charge in [-0.25, -0.2) is 8.42 Å². The number of rotatable bonds is 6. The van der Waals surface area contributed by atoms with Gasteiger partial charge in [-0.05, 0) is 19.3 Å². The van der Waals surface area contributed by atoms with Gasteiger partial charge in [0.2, 0.25) is 11.8 Å². The van der Waals surface area contributed by atoms with Crippen LogP contribution < -0.4 is 5.32 Å². The van der Waals surface area contributed by atoms with E-state index in [1.807, 2.05) is 13.8 Å². The number of hydrogen-bond acceptors (Lipinski definition) is 4. The number of carbonyl (C=O) groups is 2. The molecular formula is C13H24N2O4S. The van der Waals surface area contributed by atoms with E-state index in [0.717, 1.165) is 0 Å². The molecule has 2 amide bonds. The quantitative estimate of drug-likeness (QED) is 0.710. The molecule has 1 N–H and O–H groups in total. The van der Waals surface area contributed by atoms with Crippen molar-refractivity contribution in [3.05, 3.63) is 0 Å². The lowest BCUT2D eigenvalue weighted by Crippen LogP contribution is -2.43. The number of amides is 2. The number of nitrogens with one attached hydrogen (secondary N) is 1. The molecule has 6 nitrogen and oxygen atoms in total. The van der Waals surface area contributed by atoms with E-state index in [2.05, 4.69) is 5.32 Å². The van der Waals surface area contributed by atoms with Crippen LogP contribution in [0.25, 0.3) is 0 Å². The largest absolute Gasteiger partial charge is 0.355 e. The lowest BCUT2D eigenvalue weighted by atomic mass is 10.2. The van der Waals surface area contributed by atoms with Gasteiger partial charge in [0.15, 0.2) is 9.84 Å². The zero-order chi connectivity index (χ0) is 15.3. The van der Waals surface area contributed by atoms with Crippen molar-refractivity contribution < 1.29 is 18.0 Å². The van der Waals surface area contributed by atoms with E-state index in [-0.39, 0.29) is 35.8 Å². The van der Waals surface area contributed by atoms with Crippen LogP contribution >= 0.6 is 0 Å². The zero-order valence-electron chi connectivity index (χ0n) is 12.4. The van der Waals surface area contributed by atoms with Crippen LogP contribution in [0.15, 0.2) is 0 Å². The van der Waals surface area contributed by atoms with Crippen molar-refractivity contribution in [3.63, 3.8) is 0 Å². The van der Waals surface area contributed by atoms with Gasteiger partial charge in [-0.1, -0.05) is 13.8 Å². The summed E-state index contributed by atoms with van der Waals surface area (Å²) < 4.78 is 22.9. The maximum atomic E-state index is 12.1. The van der Waals surface area contributed by atoms with Crippen LogP contribution in [0.3, 0.4) is 0 Å². The lowest BCUT2D eigenvalue weighted by molar-refractivity contribution is -0.137. The van der Waals surface area contributed by atoms with Crippen LogP contribution in [0.4, 0.5) is 0 Å². The van der Waals surface area contributed by atoms with Crippen LogP contribution in [0.2, 0.25) is 0 Å². The Morgan fingerprint density at radius 1 is 1.35 bits per heavy atom. The molecule has 0 aromatic heterocycles. The Bertz CT molecular complexity index is 459. The van der Waals surface area contributed by atoms with Crippen LogP contribution in [-0.4, -0.2) is 55.8 Å². The summed E-state index contributed by atoms with van der Waals surface area (Å²) in [7, 11) is -3.03. The van der Waals surface area contributed by atoms with E-state index >= 15 is 0 Å². The van der Waals surface area contributed by atoms with Gasteiger partial charge in [-0.2, -0.15) is 0 Å². The summed E-state index contributed by atoms with van der Waals surface area (Å²) >= 11 is 0. The topological polar surface area (TPSA) is 83.6 Å². The maximum Gasteiger partial charge on any atom is 0.232 e. The molecule has 1 fully saturated rings. The Morgan fingerprint density at radius 2 is 2.00 bits per heavy atom. The van der Waals surface area contributed by atoms with Crippen molar-refractivity contribution in [3.8, 4) is 0 Å². The monoisotopic (exact) mass is 304 g/mol. The Hall–Kier alpha value is -1.11. The Labute approximate surface area is 120 Å². The van der Waals surface area contributed by atoms with E-state index in [0.29, 0.717) is 25.4 Å². The minimum atomic E-state index is -3.03. The molecule has 0 bridgehead atoms. The minimum absolute atomic E-state index is 0.0141. The second-order valence-electron chi connectivity index (χ2n) is 5.61. The first-order valence-electron chi connectivity index (χ1n) is 7.01. The first-order chi connectivity index (χ1) is 9.25. The smallest absolute Gasteiger partial charge is 0.232 e. The van der Waals surface area contributed by atoms with Gasteiger partial charge in [0.05, 0.1) is 11.5 Å². The van der Waals surface area contributed by atoms with E-state index in [1.165, 1.54) is 4.90 Å². The first kappa shape index (κ1) is 16.9. The van der Waals surface area contributed by atoms with Crippen molar-refractivity contribution in [2.45, 2.75) is 39.7 Å². The third-order valence-corrected chi connectivity index (χ3v) is 5.08. The molecule has 1 heterocycles. The second kappa shape index (κ2) is 7.06. The summed E-state index contributed by atoms with van der Waals surface area (Å²) in [5.41, 5.74) is 0. The SMILES string of the molecule is CCN(C(=O)CC(=O)NCC(C)C)C1CCS(=O)(=O)C1. The molecule has 1 unspecified atom stereocenters. The van der Waals surface area contributed by atoms with Crippen molar-refractivity contribution in [1.29, 1.82) is 0 Å². The summed E-state index contributed by atoms with van der Waals surface area (Å²) in [5, 5.41) is 2.69. The van der Waals surface area contributed by atoms with Crippen molar-refractivity contribution >= 4 is 21.7 Å². The first-order valence-corrected chi connectivity index (χ1v) is 8.84. The average Bonchev–Trinajstić information content (AvgIpc) is 2.68. The average molecular weight is 304 g/mol. The molecule has 0 saturated carbocycles. The molecule has 1 saturated heterocycles. The third kappa shape index (κ3) is 5.11. The van der Waals surface area contributed by atoms with Gasteiger partial charge < -0.3 is 10.2 Å². The molecule has 1 atom stereocenters. The summed E-state index contributed by atoms with van der Waals surface area (Å²) in [6.45, 7) is 6.72. The molecule has 116 valence electrons. The number of nitrogens with zero attached hydrogens (tertiary/aromatic N) is 1.